The van der Waals surface area contributed by atoms with E-state index in [9.17, 15) is 13.8 Å². The average molecular weight is 496 g/mol. The topological polar surface area (TPSA) is 68.8 Å². The molecule has 0 amide bonds. The van der Waals surface area contributed by atoms with Crippen molar-refractivity contribution in [2.45, 2.75) is 31.0 Å². The molecule has 0 aliphatic carbocycles. The van der Waals surface area contributed by atoms with Crippen LogP contribution in [0.3, 0.4) is 0 Å². The van der Waals surface area contributed by atoms with Gasteiger partial charge in [0.2, 0.25) is 5.39 Å². The lowest BCUT2D eigenvalue weighted by atomic mass is 10.0. The van der Waals surface area contributed by atoms with E-state index in [1.165, 1.54) is 16.7 Å². The summed E-state index contributed by atoms with van der Waals surface area (Å²) in [6, 6.07) is 18.4. The second kappa shape index (κ2) is 10.1. The van der Waals surface area contributed by atoms with Crippen molar-refractivity contribution in [2.75, 3.05) is 31.1 Å². The number of nitrogens with zero attached hydrogens (tertiary/aromatic N) is 4. The highest BCUT2D eigenvalue weighted by molar-refractivity contribution is 7.90. The summed E-state index contributed by atoms with van der Waals surface area (Å²) >= 11 is 6.18. The number of sulfone groups is 1. The van der Waals surface area contributed by atoms with Gasteiger partial charge in [-0.15, -0.1) is 0 Å². The first-order chi connectivity index (χ1) is 16.3. The SMILES string of the molecule is Cc1ccc(C)c(CN2CCN(c3ccc([N+]#N)c(S(=O)(=O)Cc4ccccc4Cl)c3)CC2)c1. The number of piperazine rings is 1. The van der Waals surface area contributed by atoms with Gasteiger partial charge in [0.1, 0.15) is 0 Å². The van der Waals surface area contributed by atoms with Crippen molar-refractivity contribution >= 4 is 32.8 Å². The van der Waals surface area contributed by atoms with Gasteiger partial charge in [-0.05, 0) is 48.7 Å². The lowest BCUT2D eigenvalue weighted by molar-refractivity contribution is 0.249. The monoisotopic (exact) mass is 495 g/mol. The molecule has 0 unspecified atom stereocenters. The minimum Gasteiger partial charge on any atom is -0.369 e. The number of hydrogen-bond acceptors (Lipinski definition) is 5. The molecule has 0 N–H and O–H groups in total. The maximum Gasteiger partial charge on any atom is 0.403 e. The second-order valence-corrected chi connectivity index (χ2v) is 11.2. The standard InChI is InChI=1S/C26H28ClN4O2S/c1-19-7-8-20(2)22(15-19)17-30-11-13-31(14-12-30)23-9-10-25(29-28)26(16-23)34(32,33)18-21-5-3-4-6-24(21)27/h3-10,15-16H,11-14,17-18H2,1-2H3/q+1. The highest BCUT2D eigenvalue weighted by Gasteiger charge is 2.29. The number of halogens is 1. The van der Waals surface area contributed by atoms with Gasteiger partial charge in [0.25, 0.3) is 0 Å². The summed E-state index contributed by atoms with van der Waals surface area (Å²) in [4.78, 5) is 7.82. The Morgan fingerprint density at radius 1 is 0.941 bits per heavy atom. The zero-order valence-electron chi connectivity index (χ0n) is 19.4. The lowest BCUT2D eigenvalue weighted by Gasteiger charge is -2.36. The van der Waals surface area contributed by atoms with Crippen LogP contribution in [-0.2, 0) is 22.1 Å². The fraction of sp³-hybridized carbons (Fsp3) is 0.308. The van der Waals surface area contributed by atoms with E-state index in [1.807, 2.05) is 6.07 Å². The number of anilines is 1. The van der Waals surface area contributed by atoms with Gasteiger partial charge in [-0.1, -0.05) is 53.6 Å². The highest BCUT2D eigenvalue weighted by Crippen LogP contribution is 2.33. The molecule has 0 radical (unpaired) electrons. The second-order valence-electron chi connectivity index (χ2n) is 8.80. The fourth-order valence-electron chi connectivity index (χ4n) is 4.30. The van der Waals surface area contributed by atoms with Crippen molar-refractivity contribution in [2.24, 2.45) is 0 Å². The zero-order valence-corrected chi connectivity index (χ0v) is 21.0. The van der Waals surface area contributed by atoms with E-state index in [-0.39, 0.29) is 16.3 Å². The van der Waals surface area contributed by atoms with Gasteiger partial charge in [-0.3, -0.25) is 4.90 Å². The molecule has 8 heteroatoms. The Morgan fingerprint density at radius 2 is 1.68 bits per heavy atom. The number of diazo groups is 1. The van der Waals surface area contributed by atoms with Crippen LogP contribution in [0.2, 0.25) is 5.02 Å². The fourth-order valence-corrected chi connectivity index (χ4v) is 6.13. The normalized spacial score (nSPS) is 14.7. The van der Waals surface area contributed by atoms with Crippen LogP contribution in [0, 0.1) is 19.2 Å². The van der Waals surface area contributed by atoms with Crippen molar-refractivity contribution in [1.82, 2.24) is 4.90 Å². The molecule has 176 valence electrons. The highest BCUT2D eigenvalue weighted by atomic mass is 35.5. The Labute approximate surface area is 206 Å². The van der Waals surface area contributed by atoms with Crippen LogP contribution in [0.1, 0.15) is 22.3 Å². The Kier molecular flexibility index (Phi) is 7.22. The lowest BCUT2D eigenvalue weighted by Crippen LogP contribution is -2.46. The summed E-state index contributed by atoms with van der Waals surface area (Å²) in [5.41, 5.74) is 5.25. The maximum absolute atomic E-state index is 13.2. The minimum absolute atomic E-state index is 0.00485. The number of rotatable bonds is 6. The first-order valence-electron chi connectivity index (χ1n) is 11.3. The van der Waals surface area contributed by atoms with Gasteiger partial charge in [-0.2, -0.15) is 0 Å². The molecule has 6 nitrogen and oxygen atoms in total. The molecule has 3 aromatic carbocycles. The molecule has 0 spiro atoms. The van der Waals surface area contributed by atoms with Crippen LogP contribution in [0.25, 0.3) is 4.98 Å². The van der Waals surface area contributed by atoms with E-state index >= 15 is 0 Å². The van der Waals surface area contributed by atoms with E-state index < -0.39 is 9.84 Å². The van der Waals surface area contributed by atoms with Crippen LogP contribution in [0.15, 0.2) is 65.6 Å². The molecule has 1 aliphatic rings. The molecule has 3 aromatic rings. The molecule has 1 saturated heterocycles. The summed E-state index contributed by atoms with van der Waals surface area (Å²) < 4.78 is 26.5. The molecule has 0 atom stereocenters. The molecule has 0 aromatic heterocycles. The van der Waals surface area contributed by atoms with Gasteiger partial charge < -0.3 is 4.90 Å². The van der Waals surface area contributed by atoms with Gasteiger partial charge >= 0.3 is 5.69 Å². The van der Waals surface area contributed by atoms with Crippen molar-refractivity contribution < 1.29 is 8.42 Å². The summed E-state index contributed by atoms with van der Waals surface area (Å²) in [6.45, 7) is 8.47. The van der Waals surface area contributed by atoms with E-state index in [0.717, 1.165) is 38.4 Å². The van der Waals surface area contributed by atoms with E-state index in [0.29, 0.717) is 10.6 Å². The molecular formula is C26H28ClN4O2S+. The molecule has 1 fully saturated rings. The zero-order chi connectivity index (χ0) is 24.3. The van der Waals surface area contributed by atoms with Crippen molar-refractivity contribution in [1.29, 1.82) is 5.39 Å². The maximum atomic E-state index is 13.2. The molecule has 34 heavy (non-hydrogen) atoms. The summed E-state index contributed by atoms with van der Waals surface area (Å²) in [5, 5.41) is 9.83. The third kappa shape index (κ3) is 5.41. The smallest absolute Gasteiger partial charge is 0.369 e. The van der Waals surface area contributed by atoms with Gasteiger partial charge in [0.05, 0.1) is 5.75 Å². The van der Waals surface area contributed by atoms with Gasteiger partial charge in [0.15, 0.2) is 19.7 Å². The van der Waals surface area contributed by atoms with Crippen LogP contribution in [0.5, 0.6) is 0 Å². The molecular weight excluding hydrogens is 468 g/mol. The Hall–Kier alpha value is -2.92. The summed E-state index contributed by atoms with van der Waals surface area (Å²) in [7, 11) is -3.78. The largest absolute Gasteiger partial charge is 0.403 e. The van der Waals surface area contributed by atoms with Crippen LogP contribution in [0.4, 0.5) is 11.4 Å². The third-order valence-corrected chi connectivity index (χ3v) is 8.38. The van der Waals surface area contributed by atoms with Crippen molar-refractivity contribution in [3.8, 4) is 0 Å². The Bertz CT molecular complexity index is 1340. The molecule has 1 heterocycles. The summed E-state index contributed by atoms with van der Waals surface area (Å²) in [6.07, 6.45) is 0. The van der Waals surface area contributed by atoms with Crippen molar-refractivity contribution in [3.05, 3.63) is 92.9 Å². The number of benzene rings is 3. The van der Waals surface area contributed by atoms with Crippen LogP contribution < -0.4 is 4.90 Å². The molecule has 1 aliphatic heterocycles. The first kappa shape index (κ1) is 24.2. The predicted molar refractivity (Wildman–Crippen MR) is 137 cm³/mol. The van der Waals surface area contributed by atoms with E-state index in [4.69, 9.17) is 11.6 Å². The molecule has 4 rings (SSSR count). The minimum atomic E-state index is -3.78. The van der Waals surface area contributed by atoms with Crippen LogP contribution >= 0.6 is 11.6 Å². The van der Waals surface area contributed by atoms with Crippen molar-refractivity contribution in [3.63, 3.8) is 0 Å². The predicted octanol–water partition coefficient (Wildman–Crippen LogP) is 5.74. The number of aryl methyl sites for hydroxylation is 2. The first-order valence-corrected chi connectivity index (χ1v) is 13.3. The number of hydrogen-bond donors (Lipinski definition) is 0. The Balaban J connectivity index is 1.50. The summed E-state index contributed by atoms with van der Waals surface area (Å²) in [5.74, 6) is -0.262. The quantitative estimate of drug-likeness (QED) is 0.408. The van der Waals surface area contributed by atoms with Crippen LogP contribution in [-0.4, -0.2) is 39.5 Å². The Morgan fingerprint density at radius 3 is 2.38 bits per heavy atom. The van der Waals surface area contributed by atoms with Gasteiger partial charge in [0, 0.05) is 49.5 Å². The van der Waals surface area contributed by atoms with Gasteiger partial charge in [-0.25, -0.2) is 8.42 Å². The van der Waals surface area contributed by atoms with E-state index in [1.54, 1.807) is 36.4 Å². The third-order valence-electron chi connectivity index (χ3n) is 6.33. The van der Waals surface area contributed by atoms with E-state index in [2.05, 4.69) is 46.8 Å². The average Bonchev–Trinajstić information content (AvgIpc) is 2.83. The molecule has 0 saturated carbocycles. The molecule has 0 bridgehead atoms.